The van der Waals surface area contributed by atoms with Gasteiger partial charge in [0.15, 0.2) is 11.5 Å². The highest BCUT2D eigenvalue weighted by Gasteiger charge is 2.55. The highest BCUT2D eigenvalue weighted by Crippen LogP contribution is 2.43. The van der Waals surface area contributed by atoms with Crippen molar-refractivity contribution in [3.63, 3.8) is 0 Å². The Labute approximate surface area is 328 Å². The van der Waals surface area contributed by atoms with Crippen LogP contribution in [-0.4, -0.2) is 65.9 Å². The molecule has 15 heteroatoms. The maximum Gasteiger partial charge on any atom is 0.586 e. The minimum atomic E-state index is -3.81. The van der Waals surface area contributed by atoms with Crippen molar-refractivity contribution in [1.82, 2.24) is 9.88 Å². The third-order valence-corrected chi connectivity index (χ3v) is 9.40. The lowest BCUT2D eigenvalue weighted by Gasteiger charge is -2.44. The SMILES string of the molecule is COc1ccc(COC(=O)[C@@H]2C(Cc3ccnc(N(Cc4ccc(OC)cc4)C(=O)OC(C)(C)C)c3)C(=O)N2C(=O)C[C@H](C)c2ccc3c(c2)OC(F)(F)O3)cc1. The molecule has 0 saturated carbocycles. The zero-order valence-electron chi connectivity index (χ0n) is 32.3. The molecule has 0 radical (unpaired) electrons. The second kappa shape index (κ2) is 16.5. The van der Waals surface area contributed by atoms with E-state index in [0.717, 1.165) is 10.5 Å². The summed E-state index contributed by atoms with van der Waals surface area (Å²) in [6.07, 6.45) is -3.19. The Balaban J connectivity index is 1.23. The molecule has 13 nitrogen and oxygen atoms in total. The van der Waals surface area contributed by atoms with Crippen LogP contribution in [-0.2, 0) is 43.4 Å². The Hall–Kier alpha value is -6.25. The lowest BCUT2D eigenvalue weighted by atomic mass is 9.81. The van der Waals surface area contributed by atoms with Crippen LogP contribution in [0.2, 0.25) is 0 Å². The number of anilines is 1. The number of likely N-dealkylation sites (tertiary alicyclic amines) is 1. The van der Waals surface area contributed by atoms with Gasteiger partial charge in [0, 0.05) is 12.6 Å². The number of nitrogens with zero attached hydrogens (tertiary/aromatic N) is 3. The third kappa shape index (κ3) is 9.59. The van der Waals surface area contributed by atoms with E-state index in [4.69, 9.17) is 18.9 Å². The van der Waals surface area contributed by atoms with Crippen molar-refractivity contribution in [3.8, 4) is 23.0 Å². The summed E-state index contributed by atoms with van der Waals surface area (Å²) >= 11 is 0. The highest BCUT2D eigenvalue weighted by molar-refractivity contribution is 6.08. The second-order valence-corrected chi connectivity index (χ2v) is 14.7. The van der Waals surface area contributed by atoms with Crippen LogP contribution in [0.4, 0.5) is 19.4 Å². The van der Waals surface area contributed by atoms with Gasteiger partial charge in [-0.25, -0.2) is 14.6 Å². The number of fused-ring (bicyclic) bond motifs is 1. The Morgan fingerprint density at radius 1 is 0.877 bits per heavy atom. The van der Waals surface area contributed by atoms with E-state index in [1.807, 2.05) is 12.1 Å². The number of carbonyl (C=O) groups excluding carboxylic acids is 4. The first kappa shape index (κ1) is 40.4. The normalized spacial score (nSPS) is 17.3. The Kier molecular flexibility index (Phi) is 11.7. The number of amides is 3. The summed E-state index contributed by atoms with van der Waals surface area (Å²) in [5, 5.41) is 0. The zero-order chi connectivity index (χ0) is 41.1. The van der Waals surface area contributed by atoms with E-state index in [1.54, 1.807) is 83.3 Å². The van der Waals surface area contributed by atoms with Crippen molar-refractivity contribution in [2.24, 2.45) is 5.92 Å². The number of hydrogen-bond acceptors (Lipinski definition) is 11. The van der Waals surface area contributed by atoms with Crippen LogP contribution < -0.4 is 23.8 Å². The average Bonchev–Trinajstić information content (AvgIpc) is 3.49. The highest BCUT2D eigenvalue weighted by atomic mass is 19.3. The van der Waals surface area contributed by atoms with E-state index in [2.05, 4.69) is 14.5 Å². The number of rotatable bonds is 13. The van der Waals surface area contributed by atoms with Crippen molar-refractivity contribution in [2.45, 2.75) is 77.5 Å². The van der Waals surface area contributed by atoms with Crippen molar-refractivity contribution < 1.29 is 56.4 Å². The number of pyridine rings is 1. The number of carbonyl (C=O) groups is 4. The Bertz CT molecular complexity index is 2120. The second-order valence-electron chi connectivity index (χ2n) is 14.7. The van der Waals surface area contributed by atoms with Gasteiger partial charge >= 0.3 is 18.4 Å². The smallest absolute Gasteiger partial charge is 0.497 e. The van der Waals surface area contributed by atoms with Crippen LogP contribution in [0.1, 0.15) is 62.3 Å². The number of ether oxygens (including phenoxy) is 6. The monoisotopic (exact) mass is 787 g/mol. The lowest BCUT2D eigenvalue weighted by molar-refractivity contribution is -0.286. The summed E-state index contributed by atoms with van der Waals surface area (Å²) in [5.74, 6) is -2.40. The molecule has 0 spiro atoms. The molecule has 0 N–H and O–H groups in total. The average molecular weight is 788 g/mol. The van der Waals surface area contributed by atoms with E-state index in [9.17, 15) is 28.0 Å². The first-order valence-electron chi connectivity index (χ1n) is 18.2. The zero-order valence-corrected chi connectivity index (χ0v) is 32.3. The van der Waals surface area contributed by atoms with Gasteiger partial charge in [0.05, 0.1) is 26.7 Å². The van der Waals surface area contributed by atoms with Gasteiger partial charge in [0.25, 0.3) is 0 Å². The fraction of sp³-hybridized carbons (Fsp3) is 0.357. The van der Waals surface area contributed by atoms with Crippen LogP contribution in [0, 0.1) is 5.92 Å². The molecular weight excluding hydrogens is 744 g/mol. The lowest BCUT2D eigenvalue weighted by Crippen LogP contribution is -2.67. The predicted molar refractivity (Wildman–Crippen MR) is 201 cm³/mol. The van der Waals surface area contributed by atoms with Crippen LogP contribution in [0.25, 0.3) is 0 Å². The fourth-order valence-corrected chi connectivity index (χ4v) is 6.47. The molecule has 6 rings (SSSR count). The molecule has 300 valence electrons. The van der Waals surface area contributed by atoms with Gasteiger partial charge in [-0.05, 0) is 104 Å². The van der Waals surface area contributed by atoms with Crippen LogP contribution in [0.3, 0.4) is 0 Å². The summed E-state index contributed by atoms with van der Waals surface area (Å²) in [5.41, 5.74) is 1.66. The fourth-order valence-electron chi connectivity index (χ4n) is 6.47. The summed E-state index contributed by atoms with van der Waals surface area (Å²) in [6, 6.07) is 20.3. The van der Waals surface area contributed by atoms with E-state index in [0.29, 0.717) is 28.2 Å². The number of halogens is 2. The Morgan fingerprint density at radius 2 is 1.51 bits per heavy atom. The molecule has 2 aliphatic heterocycles. The van der Waals surface area contributed by atoms with Gasteiger partial charge < -0.3 is 28.4 Å². The van der Waals surface area contributed by atoms with Crippen molar-refractivity contribution >= 4 is 29.7 Å². The van der Waals surface area contributed by atoms with Gasteiger partial charge in [-0.3, -0.25) is 19.4 Å². The Morgan fingerprint density at radius 3 is 2.14 bits per heavy atom. The van der Waals surface area contributed by atoms with E-state index in [1.165, 1.54) is 36.4 Å². The minimum absolute atomic E-state index is 0.0110. The summed E-state index contributed by atoms with van der Waals surface area (Å²) in [7, 11) is 3.09. The molecule has 1 fully saturated rings. The molecule has 4 aromatic rings. The maximum absolute atomic E-state index is 13.8. The number of β-lactam (4-membered cyclic amide) rings is 1. The molecule has 0 bridgehead atoms. The number of esters is 1. The molecule has 3 heterocycles. The van der Waals surface area contributed by atoms with Crippen molar-refractivity contribution in [3.05, 3.63) is 107 Å². The molecule has 3 aromatic carbocycles. The summed E-state index contributed by atoms with van der Waals surface area (Å²) in [4.78, 5) is 61.7. The van der Waals surface area contributed by atoms with Crippen molar-refractivity contribution in [1.29, 1.82) is 0 Å². The first-order valence-corrected chi connectivity index (χ1v) is 18.2. The largest absolute Gasteiger partial charge is 0.586 e. The first-order chi connectivity index (χ1) is 27.0. The molecule has 1 saturated heterocycles. The number of aromatic nitrogens is 1. The summed E-state index contributed by atoms with van der Waals surface area (Å²) in [6.45, 7) is 6.91. The quantitative estimate of drug-likeness (QED) is 0.100. The van der Waals surface area contributed by atoms with Crippen LogP contribution in [0.5, 0.6) is 23.0 Å². The van der Waals surface area contributed by atoms with Gasteiger partial charge in [-0.15, -0.1) is 8.78 Å². The number of alkyl halides is 2. The minimum Gasteiger partial charge on any atom is -0.497 e. The predicted octanol–water partition coefficient (Wildman–Crippen LogP) is 7.20. The number of hydrogen-bond donors (Lipinski definition) is 0. The maximum atomic E-state index is 13.8. The van der Waals surface area contributed by atoms with E-state index < -0.39 is 53.7 Å². The van der Waals surface area contributed by atoms with Crippen LogP contribution in [0.15, 0.2) is 85.1 Å². The molecule has 0 aliphatic carbocycles. The topological polar surface area (TPSA) is 143 Å². The number of methoxy groups -OCH3 is 2. The number of benzene rings is 3. The van der Waals surface area contributed by atoms with Crippen molar-refractivity contribution in [2.75, 3.05) is 19.1 Å². The third-order valence-electron chi connectivity index (χ3n) is 9.40. The molecule has 3 amide bonds. The standard InChI is InChI=1S/C42H43F2N3O10/c1-25(29-11-16-33-34(22-29)56-42(43,44)55-33)19-36(48)47-37(39(50)54-24-27-9-14-31(53-6)15-10-27)32(38(47)49)20-28-17-18-45-35(21-28)46(40(51)57-41(2,3)4)23-26-7-12-30(52-5)13-8-26/h7-18,21-22,25,32,37H,19-20,23-24H2,1-6H3/t25-,32?,37-/m0/s1. The summed E-state index contributed by atoms with van der Waals surface area (Å²) < 4.78 is 58.2. The van der Waals surface area contributed by atoms with Gasteiger partial charge in [0.1, 0.15) is 35.6 Å². The molecular formula is C42H43F2N3O10. The van der Waals surface area contributed by atoms with Gasteiger partial charge in [0.2, 0.25) is 11.8 Å². The molecule has 1 unspecified atom stereocenters. The van der Waals surface area contributed by atoms with Gasteiger partial charge in [-0.2, -0.15) is 0 Å². The van der Waals surface area contributed by atoms with E-state index >= 15 is 0 Å². The molecule has 3 atom stereocenters. The van der Waals surface area contributed by atoms with E-state index in [-0.39, 0.29) is 43.3 Å². The number of imide groups is 1. The molecule has 57 heavy (non-hydrogen) atoms. The molecule has 1 aromatic heterocycles. The van der Waals surface area contributed by atoms with Crippen LogP contribution >= 0.6 is 0 Å². The molecule has 2 aliphatic rings. The van der Waals surface area contributed by atoms with Gasteiger partial charge in [-0.1, -0.05) is 37.3 Å².